The van der Waals surface area contributed by atoms with Crippen molar-refractivity contribution in [2.75, 3.05) is 42.6 Å². The third kappa shape index (κ3) is 2.98. The van der Waals surface area contributed by atoms with Gasteiger partial charge in [-0.25, -0.2) is 0 Å². The second-order valence-corrected chi connectivity index (χ2v) is 7.60. The Morgan fingerprint density at radius 1 is 1.19 bits per heavy atom. The Morgan fingerprint density at radius 2 is 2.00 bits per heavy atom. The first-order valence-corrected chi connectivity index (χ1v) is 9.52. The van der Waals surface area contributed by atoms with Gasteiger partial charge in [-0.15, -0.1) is 0 Å². The zero-order valence-corrected chi connectivity index (χ0v) is 14.8. The van der Waals surface area contributed by atoms with Gasteiger partial charge < -0.3 is 14.5 Å². The summed E-state index contributed by atoms with van der Waals surface area (Å²) in [5.41, 5.74) is 1.28. The normalized spacial score (nSPS) is 27.5. The van der Waals surface area contributed by atoms with Crippen LogP contribution < -0.4 is 15.4 Å². The minimum atomic E-state index is -0.0736. The number of nitrogens with zero attached hydrogens (tertiary/aromatic N) is 3. The van der Waals surface area contributed by atoms with Gasteiger partial charge in [-0.2, -0.15) is 4.98 Å². The molecular weight excluding hydrogens is 328 g/mol. The minimum Gasteiger partial charge on any atom is -0.378 e. The summed E-state index contributed by atoms with van der Waals surface area (Å²) in [6, 6.07) is 12.7. The number of nitrogens with one attached hydrogen (secondary N) is 1. The van der Waals surface area contributed by atoms with Crippen molar-refractivity contribution in [3.8, 4) is 0 Å². The Balaban J connectivity index is 1.43. The lowest BCUT2D eigenvalue weighted by Crippen LogP contribution is -2.40. The number of aromatic amines is 1. The van der Waals surface area contributed by atoms with Crippen LogP contribution >= 0.6 is 0 Å². The van der Waals surface area contributed by atoms with Crippen molar-refractivity contribution >= 4 is 11.8 Å². The maximum absolute atomic E-state index is 12.3. The van der Waals surface area contributed by atoms with Crippen LogP contribution in [0.15, 0.2) is 41.2 Å². The van der Waals surface area contributed by atoms with Gasteiger partial charge in [-0.3, -0.25) is 9.78 Å². The Labute approximate surface area is 152 Å². The molecule has 3 aliphatic rings. The van der Waals surface area contributed by atoms with Gasteiger partial charge in [0.05, 0.1) is 13.2 Å². The third-order valence-electron chi connectivity index (χ3n) is 5.91. The van der Waals surface area contributed by atoms with Crippen LogP contribution in [0.3, 0.4) is 0 Å². The second kappa shape index (κ2) is 6.43. The summed E-state index contributed by atoms with van der Waals surface area (Å²) in [5, 5.41) is 0. The number of fused-ring (bicyclic) bond motifs is 1. The number of H-pyrrole nitrogens is 1. The van der Waals surface area contributed by atoms with Crippen molar-refractivity contribution < 1.29 is 4.74 Å². The molecule has 0 radical (unpaired) electrons. The summed E-state index contributed by atoms with van der Waals surface area (Å²) < 4.78 is 5.42. The molecule has 0 spiro atoms. The first-order valence-electron chi connectivity index (χ1n) is 9.52. The summed E-state index contributed by atoms with van der Waals surface area (Å²) in [5.74, 6) is 2.98. The van der Waals surface area contributed by atoms with Crippen LogP contribution in [0, 0.1) is 11.8 Å². The average molecular weight is 352 g/mol. The van der Waals surface area contributed by atoms with Crippen LogP contribution in [0.4, 0.5) is 11.8 Å². The molecule has 1 saturated carbocycles. The molecule has 0 amide bonds. The lowest BCUT2D eigenvalue weighted by molar-refractivity contribution is 0.122. The van der Waals surface area contributed by atoms with Gasteiger partial charge >= 0.3 is 0 Å². The largest absolute Gasteiger partial charge is 0.378 e. The molecule has 0 bridgehead atoms. The highest BCUT2D eigenvalue weighted by atomic mass is 16.5. The molecule has 1 aromatic carbocycles. The van der Waals surface area contributed by atoms with Gasteiger partial charge in [0.25, 0.3) is 5.56 Å². The standard InChI is InChI=1S/C20H24N4O2/c25-19-12-18(23-6-8-26-9-7-23)21-20(22-19)24-13-15-11-16(15)17(24)10-14-4-2-1-3-5-14/h1-5,12,15-17H,6-11,13H2,(H,21,22,25)/t15-,16-,17-/m1/s1. The minimum absolute atomic E-state index is 0.0736. The van der Waals surface area contributed by atoms with Gasteiger partial charge in [0.1, 0.15) is 5.82 Å². The van der Waals surface area contributed by atoms with Gasteiger partial charge in [0, 0.05) is 31.7 Å². The Bertz CT molecular complexity index is 831. The molecule has 0 unspecified atom stereocenters. The van der Waals surface area contributed by atoms with Crippen LogP contribution in [0.2, 0.25) is 0 Å². The Hall–Kier alpha value is -2.34. The summed E-state index contributed by atoms with van der Waals surface area (Å²) in [7, 11) is 0. The maximum atomic E-state index is 12.3. The number of benzene rings is 1. The number of hydrogen-bond acceptors (Lipinski definition) is 5. The van der Waals surface area contributed by atoms with Crippen LogP contribution in [0.25, 0.3) is 0 Å². The molecule has 5 rings (SSSR count). The fourth-order valence-electron chi connectivity index (χ4n) is 4.45. The predicted octanol–water partition coefficient (Wildman–Crippen LogP) is 1.67. The quantitative estimate of drug-likeness (QED) is 0.907. The van der Waals surface area contributed by atoms with E-state index in [-0.39, 0.29) is 5.56 Å². The maximum Gasteiger partial charge on any atom is 0.254 e. The van der Waals surface area contributed by atoms with E-state index < -0.39 is 0 Å². The topological polar surface area (TPSA) is 61.5 Å². The van der Waals surface area contributed by atoms with E-state index in [1.807, 2.05) is 0 Å². The highest BCUT2D eigenvalue weighted by Gasteiger charge is 2.52. The highest BCUT2D eigenvalue weighted by molar-refractivity contribution is 5.47. The van der Waals surface area contributed by atoms with E-state index in [9.17, 15) is 4.79 Å². The number of rotatable bonds is 4. The number of piperidine rings is 1. The fourth-order valence-corrected chi connectivity index (χ4v) is 4.45. The first kappa shape index (κ1) is 15.9. The number of hydrogen-bond donors (Lipinski definition) is 1. The zero-order chi connectivity index (χ0) is 17.5. The van der Waals surface area contributed by atoms with E-state index in [0.29, 0.717) is 19.3 Å². The van der Waals surface area contributed by atoms with E-state index in [1.165, 1.54) is 12.0 Å². The summed E-state index contributed by atoms with van der Waals surface area (Å²) in [6.45, 7) is 3.95. The molecule has 1 N–H and O–H groups in total. The van der Waals surface area contributed by atoms with Gasteiger partial charge in [-0.1, -0.05) is 30.3 Å². The summed E-state index contributed by atoms with van der Waals surface area (Å²) >= 11 is 0. The Morgan fingerprint density at radius 3 is 2.81 bits per heavy atom. The molecule has 6 nitrogen and oxygen atoms in total. The summed E-state index contributed by atoms with van der Waals surface area (Å²) in [6.07, 6.45) is 2.31. The first-order chi connectivity index (χ1) is 12.8. The third-order valence-corrected chi connectivity index (χ3v) is 5.91. The lowest BCUT2D eigenvalue weighted by Gasteiger charge is -2.31. The number of anilines is 2. The highest BCUT2D eigenvalue weighted by Crippen LogP contribution is 2.51. The molecule has 136 valence electrons. The fraction of sp³-hybridized carbons (Fsp3) is 0.500. The van der Waals surface area contributed by atoms with Crippen molar-refractivity contribution in [3.63, 3.8) is 0 Å². The summed E-state index contributed by atoms with van der Waals surface area (Å²) in [4.78, 5) is 24.6. The molecular formula is C20H24N4O2. The van der Waals surface area contributed by atoms with Crippen LogP contribution in [0.5, 0.6) is 0 Å². The zero-order valence-electron chi connectivity index (χ0n) is 14.8. The molecule has 1 aromatic heterocycles. The molecule has 2 saturated heterocycles. The number of morpholine rings is 1. The molecule has 2 aromatic rings. The van der Waals surface area contributed by atoms with Crippen LogP contribution in [-0.2, 0) is 11.2 Å². The van der Waals surface area contributed by atoms with E-state index in [1.54, 1.807) is 6.07 Å². The van der Waals surface area contributed by atoms with E-state index >= 15 is 0 Å². The molecule has 3 fully saturated rings. The number of ether oxygens (including phenoxy) is 1. The van der Waals surface area contributed by atoms with Crippen molar-refractivity contribution in [1.82, 2.24) is 9.97 Å². The second-order valence-electron chi connectivity index (χ2n) is 7.60. The smallest absolute Gasteiger partial charge is 0.254 e. The molecule has 3 heterocycles. The average Bonchev–Trinajstić information content (AvgIpc) is 3.37. The van der Waals surface area contributed by atoms with Gasteiger partial charge in [0.15, 0.2) is 0 Å². The Kier molecular flexibility index (Phi) is 3.93. The van der Waals surface area contributed by atoms with E-state index in [2.05, 4.69) is 45.1 Å². The molecule has 1 aliphatic carbocycles. The van der Waals surface area contributed by atoms with E-state index in [0.717, 1.165) is 49.7 Å². The SMILES string of the molecule is O=c1cc(N2CCOCC2)nc(N2C[C@H]3C[C@H]3[C@H]2Cc2ccccc2)[nH]1. The van der Waals surface area contributed by atoms with Crippen LogP contribution in [-0.4, -0.2) is 48.9 Å². The van der Waals surface area contributed by atoms with Crippen molar-refractivity contribution in [2.24, 2.45) is 11.8 Å². The van der Waals surface area contributed by atoms with Gasteiger partial charge in [-0.05, 0) is 30.2 Å². The van der Waals surface area contributed by atoms with Crippen molar-refractivity contribution in [2.45, 2.75) is 18.9 Å². The van der Waals surface area contributed by atoms with Crippen molar-refractivity contribution in [1.29, 1.82) is 0 Å². The lowest BCUT2D eigenvalue weighted by atomic mass is 10.0. The molecule has 2 aliphatic heterocycles. The van der Waals surface area contributed by atoms with E-state index in [4.69, 9.17) is 9.72 Å². The molecule has 26 heavy (non-hydrogen) atoms. The monoisotopic (exact) mass is 352 g/mol. The number of aromatic nitrogens is 2. The predicted molar refractivity (Wildman–Crippen MR) is 101 cm³/mol. The van der Waals surface area contributed by atoms with Gasteiger partial charge in [0.2, 0.25) is 5.95 Å². The van der Waals surface area contributed by atoms with Crippen LogP contribution in [0.1, 0.15) is 12.0 Å². The van der Waals surface area contributed by atoms with Crippen molar-refractivity contribution in [3.05, 3.63) is 52.3 Å². The molecule has 6 heteroatoms. The molecule has 3 atom stereocenters.